The topological polar surface area (TPSA) is 104 Å². The van der Waals surface area contributed by atoms with Crippen LogP contribution in [0.2, 0.25) is 0 Å². The van der Waals surface area contributed by atoms with E-state index in [2.05, 4.69) is 15.3 Å². The number of hydrogen-bond acceptors (Lipinski definition) is 4. The van der Waals surface area contributed by atoms with Crippen molar-refractivity contribution >= 4 is 22.8 Å². The number of rotatable bonds is 5. The Labute approximate surface area is 143 Å². The van der Waals surface area contributed by atoms with Crippen LogP contribution in [0.1, 0.15) is 15.9 Å². The molecule has 7 nitrogen and oxygen atoms in total. The van der Waals surface area contributed by atoms with Gasteiger partial charge in [0.25, 0.3) is 5.91 Å². The standard InChI is InChI=1S/C18H17N3O4/c1-25-18(24)15(21-17(23)11-6-7-16(22)20-9-11)8-12-10-19-14-5-3-2-4-13(12)14/h2-7,9-10,15,19H,8H2,1H3,(H,20,22)(H,21,23)/t15-/m1/s1. The Morgan fingerprint density at radius 2 is 1.92 bits per heavy atom. The molecule has 0 radical (unpaired) electrons. The SMILES string of the molecule is COC(=O)[C@@H](Cc1c[nH]c2ccccc12)NC(=O)c1ccc(=O)[nH]c1. The summed E-state index contributed by atoms with van der Waals surface area (Å²) in [6, 6.07) is 9.51. The third kappa shape index (κ3) is 3.60. The Morgan fingerprint density at radius 1 is 1.12 bits per heavy atom. The number of H-pyrrole nitrogens is 2. The van der Waals surface area contributed by atoms with Crippen molar-refractivity contribution in [2.75, 3.05) is 7.11 Å². The second-order valence-corrected chi connectivity index (χ2v) is 5.55. The first-order chi connectivity index (χ1) is 12.1. The van der Waals surface area contributed by atoms with Gasteiger partial charge in [0.05, 0.1) is 12.7 Å². The number of pyridine rings is 1. The van der Waals surface area contributed by atoms with Crippen molar-refractivity contribution in [3.63, 3.8) is 0 Å². The molecule has 0 fully saturated rings. The first kappa shape index (κ1) is 16.5. The van der Waals surface area contributed by atoms with Gasteiger partial charge in [0.1, 0.15) is 6.04 Å². The highest BCUT2D eigenvalue weighted by Crippen LogP contribution is 2.19. The van der Waals surface area contributed by atoms with E-state index in [4.69, 9.17) is 4.74 Å². The summed E-state index contributed by atoms with van der Waals surface area (Å²) in [4.78, 5) is 41.1. The third-order valence-corrected chi connectivity index (χ3v) is 3.94. The molecule has 3 aromatic rings. The molecule has 1 amide bonds. The molecule has 0 aliphatic carbocycles. The molecule has 0 aliphatic rings. The van der Waals surface area contributed by atoms with Crippen molar-refractivity contribution in [1.82, 2.24) is 15.3 Å². The zero-order chi connectivity index (χ0) is 17.8. The Morgan fingerprint density at radius 3 is 2.64 bits per heavy atom. The van der Waals surface area contributed by atoms with Gasteiger partial charge in [-0.25, -0.2) is 4.79 Å². The fraction of sp³-hybridized carbons (Fsp3) is 0.167. The lowest BCUT2D eigenvalue weighted by Gasteiger charge is -2.16. The first-order valence-corrected chi connectivity index (χ1v) is 7.71. The van der Waals surface area contributed by atoms with Crippen LogP contribution in [0.3, 0.4) is 0 Å². The van der Waals surface area contributed by atoms with Crippen LogP contribution in [0.15, 0.2) is 53.6 Å². The first-order valence-electron chi connectivity index (χ1n) is 7.71. The van der Waals surface area contributed by atoms with Crippen molar-refractivity contribution in [3.8, 4) is 0 Å². The summed E-state index contributed by atoms with van der Waals surface area (Å²) in [6.07, 6.45) is 3.40. The Bertz CT molecular complexity index is 953. The van der Waals surface area contributed by atoms with Crippen LogP contribution in [0.5, 0.6) is 0 Å². The molecule has 0 unspecified atom stereocenters. The van der Waals surface area contributed by atoms with E-state index in [1.54, 1.807) is 0 Å². The Kier molecular flexibility index (Phi) is 4.65. The number of methoxy groups -OCH3 is 1. The highest BCUT2D eigenvalue weighted by molar-refractivity contribution is 5.96. The molecule has 2 heterocycles. The molecule has 7 heteroatoms. The molecule has 0 saturated heterocycles. The monoisotopic (exact) mass is 339 g/mol. The zero-order valence-electron chi connectivity index (χ0n) is 13.5. The zero-order valence-corrected chi connectivity index (χ0v) is 13.5. The molecule has 0 spiro atoms. The number of para-hydroxylation sites is 1. The van der Waals surface area contributed by atoms with Crippen LogP contribution in [0, 0.1) is 0 Å². The van der Waals surface area contributed by atoms with Gasteiger partial charge in [-0.3, -0.25) is 9.59 Å². The largest absolute Gasteiger partial charge is 0.467 e. The predicted octanol–water partition coefficient (Wildman–Crippen LogP) is 1.37. The third-order valence-electron chi connectivity index (χ3n) is 3.94. The molecular formula is C18H17N3O4. The van der Waals surface area contributed by atoms with E-state index in [1.807, 2.05) is 30.5 Å². The van der Waals surface area contributed by atoms with E-state index in [9.17, 15) is 14.4 Å². The van der Waals surface area contributed by atoms with Crippen molar-refractivity contribution in [2.24, 2.45) is 0 Å². The average Bonchev–Trinajstić information content (AvgIpc) is 3.04. The number of aromatic nitrogens is 2. The summed E-state index contributed by atoms with van der Waals surface area (Å²) in [6.45, 7) is 0. The van der Waals surface area contributed by atoms with Gasteiger partial charge in [-0.1, -0.05) is 18.2 Å². The minimum Gasteiger partial charge on any atom is -0.467 e. The lowest BCUT2D eigenvalue weighted by atomic mass is 10.0. The lowest BCUT2D eigenvalue weighted by molar-refractivity contribution is -0.142. The number of nitrogens with one attached hydrogen (secondary N) is 3. The summed E-state index contributed by atoms with van der Waals surface area (Å²) in [5.74, 6) is -1.01. The number of ether oxygens (including phenoxy) is 1. The van der Waals surface area contributed by atoms with Crippen LogP contribution in [-0.2, 0) is 16.0 Å². The van der Waals surface area contributed by atoms with Gasteiger partial charge in [-0.05, 0) is 17.7 Å². The van der Waals surface area contributed by atoms with Gasteiger partial charge in [0.15, 0.2) is 0 Å². The number of fused-ring (bicyclic) bond motifs is 1. The molecule has 1 aromatic carbocycles. The van der Waals surface area contributed by atoms with Crippen LogP contribution in [0.25, 0.3) is 10.9 Å². The number of esters is 1. The highest BCUT2D eigenvalue weighted by atomic mass is 16.5. The van der Waals surface area contributed by atoms with Crippen LogP contribution in [0.4, 0.5) is 0 Å². The number of benzene rings is 1. The molecule has 0 saturated carbocycles. The summed E-state index contributed by atoms with van der Waals surface area (Å²) in [7, 11) is 1.27. The normalized spacial score (nSPS) is 11.9. The number of carbonyl (C=O) groups excluding carboxylic acids is 2. The molecule has 3 N–H and O–H groups in total. The summed E-state index contributed by atoms with van der Waals surface area (Å²) in [5.41, 5.74) is 1.80. The van der Waals surface area contributed by atoms with Crippen molar-refractivity contribution in [3.05, 3.63) is 70.3 Å². The highest BCUT2D eigenvalue weighted by Gasteiger charge is 2.23. The summed E-state index contributed by atoms with van der Waals surface area (Å²) in [5, 5.41) is 3.64. The Hall–Kier alpha value is -3.35. The van der Waals surface area contributed by atoms with Gasteiger partial charge < -0.3 is 20.0 Å². The number of amides is 1. The van der Waals surface area contributed by atoms with E-state index in [0.29, 0.717) is 0 Å². The van der Waals surface area contributed by atoms with Gasteiger partial charge in [-0.2, -0.15) is 0 Å². The van der Waals surface area contributed by atoms with E-state index >= 15 is 0 Å². The maximum Gasteiger partial charge on any atom is 0.328 e. The smallest absolute Gasteiger partial charge is 0.328 e. The fourth-order valence-electron chi connectivity index (χ4n) is 2.65. The molecule has 0 aliphatic heterocycles. The predicted molar refractivity (Wildman–Crippen MR) is 92.3 cm³/mol. The Balaban J connectivity index is 1.82. The second kappa shape index (κ2) is 7.04. The van der Waals surface area contributed by atoms with Crippen LogP contribution < -0.4 is 10.9 Å². The van der Waals surface area contributed by atoms with E-state index in [1.165, 1.54) is 25.4 Å². The van der Waals surface area contributed by atoms with E-state index < -0.39 is 17.9 Å². The minimum absolute atomic E-state index is 0.257. The van der Waals surface area contributed by atoms with Crippen molar-refractivity contribution in [2.45, 2.75) is 12.5 Å². The lowest BCUT2D eigenvalue weighted by Crippen LogP contribution is -2.43. The number of carbonyl (C=O) groups is 2. The summed E-state index contributed by atoms with van der Waals surface area (Å²) < 4.78 is 4.81. The van der Waals surface area contributed by atoms with Crippen molar-refractivity contribution < 1.29 is 14.3 Å². The quantitative estimate of drug-likeness (QED) is 0.611. The number of aromatic amines is 2. The summed E-state index contributed by atoms with van der Waals surface area (Å²) >= 11 is 0. The molecule has 0 bridgehead atoms. The second-order valence-electron chi connectivity index (χ2n) is 5.55. The van der Waals surface area contributed by atoms with E-state index in [0.717, 1.165) is 16.5 Å². The van der Waals surface area contributed by atoms with Gasteiger partial charge in [0.2, 0.25) is 5.56 Å². The molecular weight excluding hydrogens is 322 g/mol. The maximum atomic E-state index is 12.3. The van der Waals surface area contributed by atoms with Crippen LogP contribution in [-0.4, -0.2) is 35.0 Å². The number of hydrogen-bond donors (Lipinski definition) is 3. The maximum absolute atomic E-state index is 12.3. The van der Waals surface area contributed by atoms with E-state index in [-0.39, 0.29) is 17.5 Å². The molecule has 128 valence electrons. The van der Waals surface area contributed by atoms with Gasteiger partial charge >= 0.3 is 5.97 Å². The van der Waals surface area contributed by atoms with Gasteiger partial charge in [0, 0.05) is 35.8 Å². The average molecular weight is 339 g/mol. The molecule has 2 aromatic heterocycles. The minimum atomic E-state index is -0.844. The fourth-order valence-corrected chi connectivity index (χ4v) is 2.65. The van der Waals surface area contributed by atoms with Crippen molar-refractivity contribution in [1.29, 1.82) is 0 Å². The molecule has 1 atom stereocenters. The molecule has 3 rings (SSSR count). The van der Waals surface area contributed by atoms with Gasteiger partial charge in [-0.15, -0.1) is 0 Å². The molecule has 25 heavy (non-hydrogen) atoms. The van der Waals surface area contributed by atoms with Crippen LogP contribution >= 0.6 is 0 Å².